The summed E-state index contributed by atoms with van der Waals surface area (Å²) in [6.45, 7) is 3.36. The number of benzene rings is 1. The molecule has 0 fully saturated rings. The number of aliphatic carboxylic acids is 1. The lowest BCUT2D eigenvalue weighted by Crippen LogP contribution is -2.48. The SMILES string of the molecule is CCC(C)C(NC(=O)NCc1ccc(F)cc1F)C(=O)O. The van der Waals surface area contributed by atoms with Gasteiger partial charge < -0.3 is 15.7 Å². The van der Waals surface area contributed by atoms with Crippen molar-refractivity contribution in [2.75, 3.05) is 0 Å². The van der Waals surface area contributed by atoms with E-state index in [1.165, 1.54) is 6.07 Å². The topological polar surface area (TPSA) is 78.4 Å². The molecule has 21 heavy (non-hydrogen) atoms. The van der Waals surface area contributed by atoms with Crippen LogP contribution < -0.4 is 10.6 Å². The number of hydrogen-bond acceptors (Lipinski definition) is 2. The molecule has 0 saturated carbocycles. The molecule has 0 saturated heterocycles. The molecule has 2 atom stereocenters. The van der Waals surface area contributed by atoms with Gasteiger partial charge in [0.05, 0.1) is 0 Å². The molecule has 3 N–H and O–H groups in total. The van der Waals surface area contributed by atoms with Crippen LogP contribution in [0.3, 0.4) is 0 Å². The van der Waals surface area contributed by atoms with Crippen molar-refractivity contribution in [3.8, 4) is 0 Å². The van der Waals surface area contributed by atoms with E-state index in [2.05, 4.69) is 10.6 Å². The first-order chi connectivity index (χ1) is 9.85. The van der Waals surface area contributed by atoms with Crippen LogP contribution in [0.1, 0.15) is 25.8 Å². The van der Waals surface area contributed by atoms with Crippen molar-refractivity contribution in [1.29, 1.82) is 0 Å². The van der Waals surface area contributed by atoms with Gasteiger partial charge in [-0.15, -0.1) is 0 Å². The third-order valence-electron chi connectivity index (χ3n) is 3.22. The van der Waals surface area contributed by atoms with Gasteiger partial charge in [-0.3, -0.25) is 0 Å². The molecular formula is C14H18F2N2O3. The molecule has 1 aromatic rings. The van der Waals surface area contributed by atoms with E-state index in [4.69, 9.17) is 5.11 Å². The van der Waals surface area contributed by atoms with Crippen molar-refractivity contribution in [3.63, 3.8) is 0 Å². The Bertz CT molecular complexity index is 523. The average Bonchev–Trinajstić information content (AvgIpc) is 2.42. The van der Waals surface area contributed by atoms with Gasteiger partial charge in [-0.1, -0.05) is 26.3 Å². The normalized spacial score (nSPS) is 13.3. The van der Waals surface area contributed by atoms with E-state index < -0.39 is 29.7 Å². The number of carbonyl (C=O) groups is 2. The zero-order valence-corrected chi connectivity index (χ0v) is 11.8. The smallest absolute Gasteiger partial charge is 0.326 e. The lowest BCUT2D eigenvalue weighted by molar-refractivity contribution is -0.140. The molecule has 0 spiro atoms. The number of amides is 2. The van der Waals surface area contributed by atoms with Gasteiger partial charge in [-0.2, -0.15) is 0 Å². The average molecular weight is 300 g/mol. The fourth-order valence-electron chi connectivity index (χ4n) is 1.72. The Balaban J connectivity index is 2.58. The number of carboxylic acid groups (broad SMARTS) is 1. The minimum atomic E-state index is -1.13. The molecule has 7 heteroatoms. The molecule has 2 unspecified atom stereocenters. The molecule has 2 amide bonds. The second kappa shape index (κ2) is 7.56. The van der Waals surface area contributed by atoms with Gasteiger partial charge in [0.25, 0.3) is 0 Å². The summed E-state index contributed by atoms with van der Waals surface area (Å²) >= 11 is 0. The third-order valence-corrected chi connectivity index (χ3v) is 3.22. The summed E-state index contributed by atoms with van der Waals surface area (Å²) in [5.41, 5.74) is 0.113. The third kappa shape index (κ3) is 5.02. The molecule has 5 nitrogen and oxygen atoms in total. The first kappa shape index (κ1) is 16.9. The maximum atomic E-state index is 13.4. The van der Waals surface area contributed by atoms with Gasteiger partial charge in [0.15, 0.2) is 0 Å². The Hall–Kier alpha value is -2.18. The van der Waals surface area contributed by atoms with Gasteiger partial charge in [-0.25, -0.2) is 18.4 Å². The summed E-state index contributed by atoms with van der Waals surface area (Å²) in [7, 11) is 0. The van der Waals surface area contributed by atoms with Crippen LogP contribution in [0.25, 0.3) is 0 Å². The number of rotatable bonds is 6. The van der Waals surface area contributed by atoms with Crippen LogP contribution in [0.2, 0.25) is 0 Å². The fourth-order valence-corrected chi connectivity index (χ4v) is 1.72. The number of nitrogens with one attached hydrogen (secondary N) is 2. The zero-order valence-electron chi connectivity index (χ0n) is 11.8. The minimum absolute atomic E-state index is 0.113. The van der Waals surface area contributed by atoms with Gasteiger partial charge in [0.1, 0.15) is 17.7 Å². The van der Waals surface area contributed by atoms with Crippen LogP contribution >= 0.6 is 0 Å². The minimum Gasteiger partial charge on any atom is -0.480 e. The summed E-state index contributed by atoms with van der Waals surface area (Å²) in [5, 5.41) is 13.7. The van der Waals surface area contributed by atoms with Crippen molar-refractivity contribution in [2.24, 2.45) is 5.92 Å². The lowest BCUT2D eigenvalue weighted by atomic mass is 9.99. The monoisotopic (exact) mass is 300 g/mol. The molecule has 0 aliphatic rings. The highest BCUT2D eigenvalue weighted by molar-refractivity contribution is 5.82. The van der Waals surface area contributed by atoms with Crippen molar-refractivity contribution in [1.82, 2.24) is 10.6 Å². The number of halogens is 2. The number of urea groups is 1. The quantitative estimate of drug-likeness (QED) is 0.754. The van der Waals surface area contributed by atoms with E-state index in [9.17, 15) is 18.4 Å². The molecule has 0 bridgehead atoms. The first-order valence-electron chi connectivity index (χ1n) is 6.56. The second-order valence-electron chi connectivity index (χ2n) is 4.76. The van der Waals surface area contributed by atoms with Crippen LogP contribution in [-0.2, 0) is 11.3 Å². The van der Waals surface area contributed by atoms with Crippen LogP contribution in [0.4, 0.5) is 13.6 Å². The van der Waals surface area contributed by atoms with Crippen LogP contribution in [0.5, 0.6) is 0 Å². The van der Waals surface area contributed by atoms with Crippen LogP contribution in [0, 0.1) is 17.6 Å². The van der Waals surface area contributed by atoms with E-state index in [0.29, 0.717) is 12.5 Å². The predicted octanol–water partition coefficient (Wildman–Crippen LogP) is 2.26. The van der Waals surface area contributed by atoms with Gasteiger partial charge in [0, 0.05) is 18.2 Å². The molecular weight excluding hydrogens is 282 g/mol. The van der Waals surface area contributed by atoms with Crippen molar-refractivity contribution < 1.29 is 23.5 Å². The summed E-state index contributed by atoms with van der Waals surface area (Å²) in [6, 6.07) is 1.28. The molecule has 116 valence electrons. The van der Waals surface area contributed by atoms with Crippen LogP contribution in [0.15, 0.2) is 18.2 Å². The number of carbonyl (C=O) groups excluding carboxylic acids is 1. The number of hydrogen-bond donors (Lipinski definition) is 3. The standard InChI is InChI=1S/C14H18F2N2O3/c1-3-8(2)12(13(19)20)18-14(21)17-7-9-4-5-10(15)6-11(9)16/h4-6,8,12H,3,7H2,1-2H3,(H,19,20)(H2,17,18,21). The summed E-state index contributed by atoms with van der Waals surface area (Å²) in [6.07, 6.45) is 0.587. The highest BCUT2D eigenvalue weighted by Gasteiger charge is 2.25. The molecule has 0 aliphatic heterocycles. The summed E-state index contributed by atoms with van der Waals surface area (Å²) in [5.74, 6) is -2.85. The predicted molar refractivity (Wildman–Crippen MR) is 72.6 cm³/mol. The Morgan fingerprint density at radius 3 is 2.52 bits per heavy atom. The van der Waals surface area contributed by atoms with Crippen LogP contribution in [-0.4, -0.2) is 23.1 Å². The van der Waals surface area contributed by atoms with Gasteiger partial charge in [0.2, 0.25) is 0 Å². The van der Waals surface area contributed by atoms with E-state index in [1.807, 2.05) is 6.92 Å². The maximum absolute atomic E-state index is 13.4. The largest absolute Gasteiger partial charge is 0.480 e. The van der Waals surface area contributed by atoms with E-state index in [-0.39, 0.29) is 18.0 Å². The van der Waals surface area contributed by atoms with E-state index in [1.54, 1.807) is 6.92 Å². The molecule has 1 rings (SSSR count). The zero-order chi connectivity index (χ0) is 16.0. The fraction of sp³-hybridized carbons (Fsp3) is 0.429. The lowest BCUT2D eigenvalue weighted by Gasteiger charge is -2.20. The molecule has 0 aromatic heterocycles. The molecule has 1 aromatic carbocycles. The Morgan fingerprint density at radius 1 is 1.33 bits per heavy atom. The molecule has 0 radical (unpaired) electrons. The summed E-state index contributed by atoms with van der Waals surface area (Å²) < 4.78 is 26.1. The maximum Gasteiger partial charge on any atom is 0.326 e. The number of carboxylic acids is 1. The molecule has 0 aliphatic carbocycles. The highest BCUT2D eigenvalue weighted by atomic mass is 19.1. The Labute approximate surface area is 121 Å². The van der Waals surface area contributed by atoms with Crippen molar-refractivity contribution in [2.45, 2.75) is 32.9 Å². The van der Waals surface area contributed by atoms with Gasteiger partial charge >= 0.3 is 12.0 Å². The van der Waals surface area contributed by atoms with Gasteiger partial charge in [-0.05, 0) is 12.0 Å². The van der Waals surface area contributed by atoms with Crippen molar-refractivity contribution >= 4 is 12.0 Å². The molecule has 0 heterocycles. The highest BCUT2D eigenvalue weighted by Crippen LogP contribution is 2.10. The van der Waals surface area contributed by atoms with Crippen molar-refractivity contribution in [3.05, 3.63) is 35.4 Å². The Morgan fingerprint density at radius 2 is 2.00 bits per heavy atom. The Kier molecular flexibility index (Phi) is 6.08. The summed E-state index contributed by atoms with van der Waals surface area (Å²) in [4.78, 5) is 22.7. The van der Waals surface area contributed by atoms with E-state index >= 15 is 0 Å². The van der Waals surface area contributed by atoms with E-state index in [0.717, 1.165) is 6.07 Å². The second-order valence-corrected chi connectivity index (χ2v) is 4.76. The first-order valence-corrected chi connectivity index (χ1v) is 6.56.